The molecule has 0 saturated carbocycles. The van der Waals surface area contributed by atoms with E-state index in [9.17, 15) is 17.6 Å². The lowest BCUT2D eigenvalue weighted by molar-refractivity contribution is -0.119. The molecule has 0 spiro atoms. The summed E-state index contributed by atoms with van der Waals surface area (Å²) in [7, 11) is -4.15. The summed E-state index contributed by atoms with van der Waals surface area (Å²) < 4.78 is 52.0. The minimum absolute atomic E-state index is 0.140. The van der Waals surface area contributed by atoms with Crippen molar-refractivity contribution in [1.29, 1.82) is 0 Å². The summed E-state index contributed by atoms with van der Waals surface area (Å²) in [6.07, 6.45) is 1.42. The number of amides is 1. The Kier molecular flexibility index (Phi) is 9.02. The van der Waals surface area contributed by atoms with Gasteiger partial charge in [0.25, 0.3) is 15.9 Å². The molecule has 0 bridgehead atoms. The van der Waals surface area contributed by atoms with Gasteiger partial charge in [-0.3, -0.25) is 9.10 Å². The third-order valence-corrected chi connectivity index (χ3v) is 6.77. The van der Waals surface area contributed by atoms with Gasteiger partial charge in [-0.05, 0) is 80.9 Å². The molecule has 36 heavy (non-hydrogen) atoms. The summed E-state index contributed by atoms with van der Waals surface area (Å²) in [5.41, 5.74) is 4.22. The first-order valence-corrected chi connectivity index (χ1v) is 12.7. The summed E-state index contributed by atoms with van der Waals surface area (Å²) in [5.74, 6) is -0.0796. The molecule has 0 aromatic heterocycles. The highest BCUT2D eigenvalue weighted by Gasteiger charge is 2.27. The standard InChI is InChI=1S/C26H28FN3O5S/c1-4-34-24-15-8-20(16-25(24)35-5-2)17-28-29-26(31)18-30(22-11-6-19(3)7-12-22)36(32,33)23-13-9-21(27)10-14-23/h6-17H,4-5,18H2,1-3H3,(H,29,31)/b28-17-. The van der Waals surface area contributed by atoms with Crippen molar-refractivity contribution in [2.24, 2.45) is 5.10 Å². The van der Waals surface area contributed by atoms with Crippen molar-refractivity contribution in [2.75, 3.05) is 24.1 Å². The topological polar surface area (TPSA) is 97.3 Å². The van der Waals surface area contributed by atoms with Crippen LogP contribution in [0.25, 0.3) is 0 Å². The van der Waals surface area contributed by atoms with Crippen LogP contribution in [0, 0.1) is 12.7 Å². The van der Waals surface area contributed by atoms with Crippen LogP contribution in [0.5, 0.6) is 11.5 Å². The molecule has 10 heteroatoms. The van der Waals surface area contributed by atoms with E-state index in [1.54, 1.807) is 42.5 Å². The van der Waals surface area contributed by atoms with Gasteiger partial charge in [0, 0.05) is 0 Å². The Morgan fingerprint density at radius 3 is 2.25 bits per heavy atom. The number of carbonyl (C=O) groups is 1. The van der Waals surface area contributed by atoms with Gasteiger partial charge in [0.2, 0.25) is 0 Å². The molecule has 1 amide bonds. The van der Waals surface area contributed by atoms with Gasteiger partial charge in [0.05, 0.1) is 30.0 Å². The van der Waals surface area contributed by atoms with Crippen LogP contribution in [0.1, 0.15) is 25.0 Å². The van der Waals surface area contributed by atoms with Crippen LogP contribution in [-0.2, 0) is 14.8 Å². The summed E-state index contributed by atoms with van der Waals surface area (Å²) >= 11 is 0. The number of sulfonamides is 1. The van der Waals surface area contributed by atoms with Crippen LogP contribution < -0.4 is 19.2 Å². The molecule has 0 heterocycles. The number of nitrogens with one attached hydrogen (secondary N) is 1. The Morgan fingerprint density at radius 1 is 0.972 bits per heavy atom. The van der Waals surface area contributed by atoms with Gasteiger partial charge in [-0.15, -0.1) is 0 Å². The second-order valence-electron chi connectivity index (χ2n) is 7.67. The Hall–Kier alpha value is -3.92. The fraction of sp³-hybridized carbons (Fsp3) is 0.231. The van der Waals surface area contributed by atoms with Crippen molar-refractivity contribution in [3.8, 4) is 11.5 Å². The molecule has 3 aromatic carbocycles. The molecule has 0 fully saturated rings. The summed E-state index contributed by atoms with van der Waals surface area (Å²) in [5, 5.41) is 3.95. The predicted molar refractivity (Wildman–Crippen MR) is 137 cm³/mol. The van der Waals surface area contributed by atoms with E-state index in [2.05, 4.69) is 10.5 Å². The maximum atomic E-state index is 13.4. The molecule has 0 aliphatic heterocycles. The normalized spacial score (nSPS) is 11.3. The van der Waals surface area contributed by atoms with Gasteiger partial charge in [0.15, 0.2) is 11.5 Å². The number of rotatable bonds is 11. The van der Waals surface area contributed by atoms with E-state index in [-0.39, 0.29) is 10.6 Å². The molecule has 3 aromatic rings. The number of ether oxygens (including phenoxy) is 2. The second-order valence-corrected chi connectivity index (χ2v) is 9.53. The molecule has 0 aliphatic rings. The smallest absolute Gasteiger partial charge is 0.264 e. The van der Waals surface area contributed by atoms with E-state index >= 15 is 0 Å². The van der Waals surface area contributed by atoms with E-state index in [1.807, 2.05) is 20.8 Å². The van der Waals surface area contributed by atoms with Crippen LogP contribution in [0.4, 0.5) is 10.1 Å². The van der Waals surface area contributed by atoms with Crippen LogP contribution in [0.15, 0.2) is 76.7 Å². The van der Waals surface area contributed by atoms with Gasteiger partial charge in [-0.2, -0.15) is 5.10 Å². The van der Waals surface area contributed by atoms with Crippen LogP contribution in [-0.4, -0.2) is 40.3 Å². The summed E-state index contributed by atoms with van der Waals surface area (Å²) in [4.78, 5) is 12.5. The van der Waals surface area contributed by atoms with Crippen LogP contribution in [0.2, 0.25) is 0 Å². The van der Waals surface area contributed by atoms with Crippen molar-refractivity contribution in [1.82, 2.24) is 5.43 Å². The molecule has 0 radical (unpaired) electrons. The van der Waals surface area contributed by atoms with Gasteiger partial charge >= 0.3 is 0 Å². The Balaban J connectivity index is 1.79. The van der Waals surface area contributed by atoms with Crippen molar-refractivity contribution in [3.63, 3.8) is 0 Å². The quantitative estimate of drug-likeness (QED) is 0.305. The highest BCUT2D eigenvalue weighted by molar-refractivity contribution is 7.92. The number of hydrogen-bond acceptors (Lipinski definition) is 6. The molecule has 0 saturated heterocycles. The molecular formula is C26H28FN3O5S. The van der Waals surface area contributed by atoms with Crippen molar-refractivity contribution in [2.45, 2.75) is 25.7 Å². The summed E-state index contributed by atoms with van der Waals surface area (Å²) in [6.45, 7) is 6.00. The largest absolute Gasteiger partial charge is 0.490 e. The van der Waals surface area contributed by atoms with Crippen LogP contribution in [0.3, 0.4) is 0 Å². The zero-order chi connectivity index (χ0) is 26.1. The van der Waals surface area contributed by atoms with Gasteiger partial charge in [0.1, 0.15) is 12.4 Å². The average Bonchev–Trinajstić information content (AvgIpc) is 2.85. The van der Waals surface area contributed by atoms with Crippen LogP contribution >= 0.6 is 0 Å². The van der Waals surface area contributed by atoms with E-state index in [0.717, 1.165) is 34.1 Å². The predicted octanol–water partition coefficient (Wildman–Crippen LogP) is 4.28. The van der Waals surface area contributed by atoms with E-state index in [4.69, 9.17) is 9.47 Å². The molecule has 0 unspecified atom stereocenters. The number of aryl methyl sites for hydroxylation is 1. The first kappa shape index (κ1) is 26.7. The maximum absolute atomic E-state index is 13.4. The lowest BCUT2D eigenvalue weighted by atomic mass is 10.2. The number of anilines is 1. The molecule has 1 N–H and O–H groups in total. The number of nitrogens with zero attached hydrogens (tertiary/aromatic N) is 2. The molecule has 3 rings (SSSR count). The highest BCUT2D eigenvalue weighted by Crippen LogP contribution is 2.28. The van der Waals surface area contributed by atoms with E-state index < -0.39 is 28.3 Å². The molecule has 8 nitrogen and oxygen atoms in total. The molecule has 190 valence electrons. The fourth-order valence-corrected chi connectivity index (χ4v) is 4.67. The molecular weight excluding hydrogens is 485 g/mol. The minimum Gasteiger partial charge on any atom is -0.490 e. The highest BCUT2D eigenvalue weighted by atomic mass is 32.2. The third kappa shape index (κ3) is 6.82. The third-order valence-electron chi connectivity index (χ3n) is 4.98. The molecule has 0 aliphatic carbocycles. The maximum Gasteiger partial charge on any atom is 0.264 e. The lowest BCUT2D eigenvalue weighted by Gasteiger charge is -2.23. The SMILES string of the molecule is CCOc1ccc(/C=N\NC(=O)CN(c2ccc(C)cc2)S(=O)(=O)c2ccc(F)cc2)cc1OCC. The van der Waals surface area contributed by atoms with Gasteiger partial charge in [-0.1, -0.05) is 17.7 Å². The fourth-order valence-electron chi connectivity index (χ4n) is 3.25. The van der Waals surface area contributed by atoms with Crippen molar-refractivity contribution >= 4 is 27.8 Å². The van der Waals surface area contributed by atoms with Gasteiger partial charge < -0.3 is 9.47 Å². The average molecular weight is 514 g/mol. The Morgan fingerprint density at radius 2 is 1.61 bits per heavy atom. The van der Waals surface area contributed by atoms with Crippen molar-refractivity contribution in [3.05, 3.63) is 83.7 Å². The first-order valence-electron chi connectivity index (χ1n) is 11.3. The number of carbonyl (C=O) groups excluding carboxylic acids is 1. The zero-order valence-electron chi connectivity index (χ0n) is 20.3. The lowest BCUT2D eigenvalue weighted by Crippen LogP contribution is -2.39. The van der Waals surface area contributed by atoms with Crippen molar-refractivity contribution < 1.29 is 27.1 Å². The number of hydrogen-bond donors (Lipinski definition) is 1. The van der Waals surface area contributed by atoms with E-state index in [1.165, 1.54) is 6.21 Å². The summed E-state index contributed by atoms with van der Waals surface area (Å²) in [6, 6.07) is 16.3. The Bertz CT molecular complexity index is 1310. The number of hydrazone groups is 1. The second kappa shape index (κ2) is 12.2. The zero-order valence-corrected chi connectivity index (χ0v) is 21.1. The molecule has 0 atom stereocenters. The Labute approximate surface area is 210 Å². The number of benzene rings is 3. The monoisotopic (exact) mass is 513 g/mol. The number of halogens is 1. The minimum atomic E-state index is -4.15. The van der Waals surface area contributed by atoms with Gasteiger partial charge in [-0.25, -0.2) is 18.2 Å². The first-order chi connectivity index (χ1) is 17.2. The van der Waals surface area contributed by atoms with E-state index in [0.29, 0.717) is 30.3 Å².